The fourth-order valence-electron chi connectivity index (χ4n) is 3.00. The highest BCUT2D eigenvalue weighted by molar-refractivity contribution is 7.80. The summed E-state index contributed by atoms with van der Waals surface area (Å²) in [5.41, 5.74) is 0.619. The van der Waals surface area contributed by atoms with Crippen LogP contribution in [0, 0.1) is 5.41 Å². The average molecular weight is 305 g/mol. The van der Waals surface area contributed by atoms with Crippen molar-refractivity contribution in [2.24, 2.45) is 5.41 Å². The molecule has 0 spiro atoms. The van der Waals surface area contributed by atoms with Crippen molar-refractivity contribution in [1.29, 1.82) is 0 Å². The van der Waals surface area contributed by atoms with Gasteiger partial charge in [-0.25, -0.2) is 4.68 Å². The van der Waals surface area contributed by atoms with Crippen molar-refractivity contribution in [3.8, 4) is 0 Å². The van der Waals surface area contributed by atoms with Gasteiger partial charge in [0.15, 0.2) is 0 Å². The van der Waals surface area contributed by atoms with Gasteiger partial charge in [-0.1, -0.05) is 44.0 Å². The van der Waals surface area contributed by atoms with E-state index >= 15 is 0 Å². The molecule has 4 nitrogen and oxygen atoms in total. The van der Waals surface area contributed by atoms with E-state index in [9.17, 15) is 4.79 Å². The van der Waals surface area contributed by atoms with Crippen LogP contribution in [0.15, 0.2) is 29.1 Å². The third-order valence-electron chi connectivity index (χ3n) is 4.01. The van der Waals surface area contributed by atoms with E-state index in [1.54, 1.807) is 0 Å². The van der Waals surface area contributed by atoms with Gasteiger partial charge in [-0.3, -0.25) is 4.79 Å². The zero-order chi connectivity index (χ0) is 15.3. The molecule has 5 heteroatoms. The maximum atomic E-state index is 12.6. The first kappa shape index (κ1) is 16.0. The van der Waals surface area contributed by atoms with Crippen LogP contribution in [0.3, 0.4) is 0 Å². The second kappa shape index (κ2) is 7.07. The predicted molar refractivity (Wildman–Crippen MR) is 89.9 cm³/mol. The summed E-state index contributed by atoms with van der Waals surface area (Å²) in [6.45, 7) is 4.93. The normalized spacial score (nSPS) is 12.0. The van der Waals surface area contributed by atoms with E-state index in [0.717, 1.165) is 31.4 Å². The quantitative estimate of drug-likeness (QED) is 0.798. The molecule has 0 saturated heterocycles. The van der Waals surface area contributed by atoms with Crippen molar-refractivity contribution in [1.82, 2.24) is 15.0 Å². The van der Waals surface area contributed by atoms with Crippen molar-refractivity contribution in [3.63, 3.8) is 0 Å². The van der Waals surface area contributed by atoms with Gasteiger partial charge in [0.1, 0.15) is 5.52 Å². The smallest absolute Gasteiger partial charge is 0.267 e. The van der Waals surface area contributed by atoms with Gasteiger partial charge in [-0.2, -0.15) is 12.6 Å². The van der Waals surface area contributed by atoms with E-state index in [1.165, 1.54) is 4.68 Å². The third-order valence-corrected chi connectivity index (χ3v) is 4.68. The molecule has 0 fully saturated rings. The molecule has 2 rings (SSSR count). The number of thiol groups is 1. The molecule has 0 aliphatic rings. The summed E-state index contributed by atoms with van der Waals surface area (Å²) in [6, 6.07) is 7.36. The minimum absolute atomic E-state index is 0.0214. The Labute approximate surface area is 131 Å². The fourth-order valence-corrected chi connectivity index (χ4v) is 3.41. The van der Waals surface area contributed by atoms with E-state index < -0.39 is 0 Å². The number of hydrogen-bond donors (Lipinski definition) is 1. The highest BCUT2D eigenvalue weighted by atomic mass is 32.1. The molecule has 0 amide bonds. The van der Waals surface area contributed by atoms with Crippen LogP contribution in [-0.4, -0.2) is 20.7 Å². The lowest BCUT2D eigenvalue weighted by Crippen LogP contribution is -2.36. The SMILES string of the molecule is CCCC(CS)(CCC)Cn1nnc2ccccc2c1=O. The minimum Gasteiger partial charge on any atom is -0.267 e. The van der Waals surface area contributed by atoms with E-state index in [0.29, 0.717) is 17.4 Å². The molecule has 2 aromatic rings. The second-order valence-electron chi connectivity index (χ2n) is 5.73. The first-order valence-electron chi connectivity index (χ1n) is 7.59. The zero-order valence-corrected chi connectivity index (χ0v) is 13.6. The summed E-state index contributed by atoms with van der Waals surface area (Å²) in [5.74, 6) is 0.760. The Balaban J connectivity index is 2.41. The van der Waals surface area contributed by atoms with Crippen molar-refractivity contribution >= 4 is 23.5 Å². The van der Waals surface area contributed by atoms with Crippen LogP contribution < -0.4 is 5.56 Å². The van der Waals surface area contributed by atoms with Crippen LogP contribution in [0.2, 0.25) is 0 Å². The zero-order valence-electron chi connectivity index (χ0n) is 12.7. The number of benzene rings is 1. The van der Waals surface area contributed by atoms with E-state index in [4.69, 9.17) is 0 Å². The molecule has 21 heavy (non-hydrogen) atoms. The summed E-state index contributed by atoms with van der Waals surface area (Å²) < 4.78 is 1.52. The molecule has 0 saturated carbocycles. The number of aromatic nitrogens is 3. The van der Waals surface area contributed by atoms with Crippen molar-refractivity contribution in [2.45, 2.75) is 46.1 Å². The molecule has 0 radical (unpaired) electrons. The molecule has 114 valence electrons. The highest BCUT2D eigenvalue weighted by Crippen LogP contribution is 2.32. The van der Waals surface area contributed by atoms with Gasteiger partial charge >= 0.3 is 0 Å². The van der Waals surface area contributed by atoms with Gasteiger partial charge in [0.05, 0.1) is 11.9 Å². The van der Waals surface area contributed by atoms with Crippen molar-refractivity contribution in [3.05, 3.63) is 34.6 Å². The van der Waals surface area contributed by atoms with Crippen molar-refractivity contribution < 1.29 is 0 Å². The van der Waals surface area contributed by atoms with Crippen LogP contribution >= 0.6 is 12.6 Å². The third kappa shape index (κ3) is 3.46. The van der Waals surface area contributed by atoms with E-state index in [2.05, 4.69) is 36.8 Å². The first-order chi connectivity index (χ1) is 10.2. The average Bonchev–Trinajstić information content (AvgIpc) is 2.51. The van der Waals surface area contributed by atoms with Crippen LogP contribution in [0.25, 0.3) is 10.9 Å². The lowest BCUT2D eigenvalue weighted by molar-refractivity contribution is 0.215. The van der Waals surface area contributed by atoms with Gasteiger partial charge in [-0.15, -0.1) is 5.10 Å². The van der Waals surface area contributed by atoms with E-state index in [-0.39, 0.29) is 11.0 Å². The molecular formula is C16H23N3OS. The van der Waals surface area contributed by atoms with Crippen LogP contribution in [0.4, 0.5) is 0 Å². The summed E-state index contributed by atoms with van der Waals surface area (Å²) in [5, 5.41) is 8.93. The number of nitrogens with zero attached hydrogens (tertiary/aromatic N) is 3. The molecule has 0 unspecified atom stereocenters. The monoisotopic (exact) mass is 305 g/mol. The standard InChI is InChI=1S/C16H23N3OS/c1-3-9-16(12-21,10-4-2)11-19-15(20)13-7-5-6-8-14(13)17-18-19/h5-8,21H,3-4,9-12H2,1-2H3. The molecule has 1 aromatic carbocycles. The molecule has 0 atom stereocenters. The van der Waals surface area contributed by atoms with Crippen molar-refractivity contribution in [2.75, 3.05) is 5.75 Å². The number of fused-ring (bicyclic) bond motifs is 1. The fraction of sp³-hybridized carbons (Fsp3) is 0.562. The predicted octanol–water partition coefficient (Wildman–Crippen LogP) is 3.31. The lowest BCUT2D eigenvalue weighted by atomic mass is 9.81. The van der Waals surface area contributed by atoms with Gasteiger partial charge in [-0.05, 0) is 36.1 Å². The molecule has 0 N–H and O–H groups in total. The maximum Gasteiger partial charge on any atom is 0.277 e. The Kier molecular flexibility index (Phi) is 5.39. The lowest BCUT2D eigenvalue weighted by Gasteiger charge is -2.31. The minimum atomic E-state index is -0.0565. The summed E-state index contributed by atoms with van der Waals surface area (Å²) in [4.78, 5) is 12.6. The Morgan fingerprint density at radius 3 is 2.48 bits per heavy atom. The number of hydrogen-bond acceptors (Lipinski definition) is 4. The van der Waals surface area contributed by atoms with Gasteiger partial charge in [0.2, 0.25) is 0 Å². The highest BCUT2D eigenvalue weighted by Gasteiger charge is 2.28. The van der Waals surface area contributed by atoms with Crippen LogP contribution in [0.5, 0.6) is 0 Å². The van der Waals surface area contributed by atoms with Crippen LogP contribution in [0.1, 0.15) is 39.5 Å². The van der Waals surface area contributed by atoms with E-state index in [1.807, 2.05) is 24.3 Å². The molecule has 1 heterocycles. The Morgan fingerprint density at radius 2 is 1.86 bits per heavy atom. The van der Waals surface area contributed by atoms with Gasteiger partial charge in [0.25, 0.3) is 5.56 Å². The summed E-state index contributed by atoms with van der Waals surface area (Å²) in [7, 11) is 0. The molecule has 0 aliphatic heterocycles. The molecular weight excluding hydrogens is 282 g/mol. The Hall–Kier alpha value is -1.36. The van der Waals surface area contributed by atoms with Gasteiger partial charge in [0, 0.05) is 0 Å². The number of rotatable bonds is 7. The maximum absolute atomic E-state index is 12.6. The van der Waals surface area contributed by atoms with Gasteiger partial charge < -0.3 is 0 Å². The second-order valence-corrected chi connectivity index (χ2v) is 6.04. The van der Waals surface area contributed by atoms with Crippen LogP contribution in [-0.2, 0) is 6.54 Å². The summed E-state index contributed by atoms with van der Waals surface area (Å²) >= 11 is 4.54. The molecule has 1 aromatic heterocycles. The first-order valence-corrected chi connectivity index (χ1v) is 8.22. The molecule has 0 bridgehead atoms. The Bertz CT molecular complexity index is 647. The topological polar surface area (TPSA) is 47.8 Å². The molecule has 0 aliphatic carbocycles. The summed E-state index contributed by atoms with van der Waals surface area (Å²) in [6.07, 6.45) is 4.25. The largest absolute Gasteiger partial charge is 0.277 e. The Morgan fingerprint density at radius 1 is 1.19 bits per heavy atom.